The first-order valence-corrected chi connectivity index (χ1v) is 10.7. The average molecular weight is 435 g/mol. The summed E-state index contributed by atoms with van der Waals surface area (Å²) in [7, 11) is 0. The van der Waals surface area contributed by atoms with Crippen LogP contribution in [0.1, 0.15) is 53.7 Å². The summed E-state index contributed by atoms with van der Waals surface area (Å²) >= 11 is 0. The van der Waals surface area contributed by atoms with E-state index in [1.165, 1.54) is 43.9 Å². The van der Waals surface area contributed by atoms with Gasteiger partial charge in [-0.1, -0.05) is 18.9 Å². The van der Waals surface area contributed by atoms with E-state index in [0.717, 1.165) is 42.8 Å². The molecule has 0 unspecified atom stereocenters. The molecule has 1 saturated heterocycles. The van der Waals surface area contributed by atoms with E-state index in [0.29, 0.717) is 12.2 Å². The molecule has 0 aliphatic carbocycles. The highest BCUT2D eigenvalue weighted by Crippen LogP contribution is 2.30. The number of halogens is 3. The maximum Gasteiger partial charge on any atom is 0.416 e. The minimum absolute atomic E-state index is 0.0770. The van der Waals surface area contributed by atoms with Gasteiger partial charge in [-0.2, -0.15) is 13.2 Å². The second-order valence-corrected chi connectivity index (χ2v) is 7.94. The predicted octanol–water partition coefficient (Wildman–Crippen LogP) is 4.16. The van der Waals surface area contributed by atoms with Crippen LogP contribution in [-0.2, 0) is 6.18 Å². The number of pyridine rings is 1. The van der Waals surface area contributed by atoms with Crippen LogP contribution in [0.2, 0.25) is 0 Å². The van der Waals surface area contributed by atoms with Gasteiger partial charge < -0.3 is 10.2 Å². The Morgan fingerprint density at radius 3 is 2.45 bits per heavy atom. The van der Waals surface area contributed by atoms with Crippen molar-refractivity contribution in [2.24, 2.45) is 0 Å². The molecule has 1 fully saturated rings. The number of hydrogen-bond donors (Lipinski definition) is 1. The Morgan fingerprint density at radius 1 is 1.06 bits per heavy atom. The Balaban J connectivity index is 1.70. The van der Waals surface area contributed by atoms with E-state index in [2.05, 4.69) is 10.2 Å². The molecular weight excluding hydrogens is 407 g/mol. The predicted molar refractivity (Wildman–Crippen MR) is 114 cm³/mol. The molecule has 1 N–H and O–H groups in total. The van der Waals surface area contributed by atoms with Crippen LogP contribution in [0.3, 0.4) is 0 Å². The third kappa shape index (κ3) is 5.97. The van der Waals surface area contributed by atoms with Crippen LogP contribution in [0.5, 0.6) is 0 Å². The Hall–Kier alpha value is -2.61. The number of alkyl halides is 3. The van der Waals surface area contributed by atoms with Gasteiger partial charge in [-0.15, -0.1) is 0 Å². The summed E-state index contributed by atoms with van der Waals surface area (Å²) in [6.07, 6.45) is 1.18. The van der Waals surface area contributed by atoms with E-state index in [-0.39, 0.29) is 11.3 Å². The van der Waals surface area contributed by atoms with Gasteiger partial charge in [0.05, 0.1) is 5.56 Å². The molecule has 1 aromatic carbocycles. The van der Waals surface area contributed by atoms with Crippen molar-refractivity contribution in [2.75, 3.05) is 26.2 Å². The summed E-state index contributed by atoms with van der Waals surface area (Å²) in [6.45, 7) is 5.10. The molecule has 1 aliphatic heterocycles. The van der Waals surface area contributed by atoms with Crippen LogP contribution in [-0.4, -0.2) is 41.6 Å². The molecule has 0 spiro atoms. The summed E-state index contributed by atoms with van der Waals surface area (Å²) in [4.78, 5) is 27.9. The van der Waals surface area contributed by atoms with E-state index in [1.54, 1.807) is 13.0 Å². The minimum Gasteiger partial charge on any atom is -0.352 e. The lowest BCUT2D eigenvalue weighted by atomic mass is 10.1. The first-order chi connectivity index (χ1) is 14.8. The van der Waals surface area contributed by atoms with Gasteiger partial charge in [-0.3, -0.25) is 14.2 Å². The zero-order valence-corrected chi connectivity index (χ0v) is 17.7. The van der Waals surface area contributed by atoms with Crippen LogP contribution in [0.15, 0.2) is 41.2 Å². The van der Waals surface area contributed by atoms with Crippen LogP contribution in [0, 0.1) is 6.92 Å². The number of benzene rings is 1. The van der Waals surface area contributed by atoms with Crippen LogP contribution >= 0.6 is 0 Å². The van der Waals surface area contributed by atoms with Crippen molar-refractivity contribution in [3.63, 3.8) is 0 Å². The highest BCUT2D eigenvalue weighted by Gasteiger charge is 2.30. The summed E-state index contributed by atoms with van der Waals surface area (Å²) in [6, 6.07) is 7.52. The summed E-state index contributed by atoms with van der Waals surface area (Å²) < 4.78 is 40.3. The third-order valence-electron chi connectivity index (χ3n) is 5.59. The van der Waals surface area contributed by atoms with Gasteiger partial charge in [0.15, 0.2) is 0 Å². The van der Waals surface area contributed by atoms with Crippen molar-refractivity contribution in [2.45, 2.75) is 45.2 Å². The summed E-state index contributed by atoms with van der Waals surface area (Å²) in [5.41, 5.74) is -1.04. The number of rotatable bonds is 6. The van der Waals surface area contributed by atoms with Gasteiger partial charge in [-0.25, -0.2) is 0 Å². The zero-order chi connectivity index (χ0) is 22.4. The number of nitrogens with zero attached hydrogens (tertiary/aromatic N) is 2. The molecule has 0 radical (unpaired) electrons. The Bertz CT molecular complexity index is 961. The summed E-state index contributed by atoms with van der Waals surface area (Å²) in [5.74, 6) is -0.512. The number of nitrogens with one attached hydrogen (secondary N) is 1. The molecule has 5 nitrogen and oxygen atoms in total. The number of aryl methyl sites for hydroxylation is 1. The van der Waals surface area contributed by atoms with E-state index in [4.69, 9.17) is 0 Å². The van der Waals surface area contributed by atoms with Gasteiger partial charge in [-0.05, 0) is 76.2 Å². The third-order valence-corrected chi connectivity index (χ3v) is 5.59. The fourth-order valence-electron chi connectivity index (χ4n) is 3.90. The molecule has 1 aliphatic rings. The standard InChI is InChI=1S/C23H28F3N3O2/c1-17-10-11-20(21(30)27-12-7-15-28-13-4-2-3-5-14-28)22(31)29(17)19-9-6-8-18(16-19)23(24,25)26/h6,8-11,16H,2-5,7,12-15H2,1H3,(H,27,30). The molecule has 8 heteroatoms. The van der Waals surface area contributed by atoms with Crippen LogP contribution in [0.4, 0.5) is 13.2 Å². The van der Waals surface area contributed by atoms with E-state index < -0.39 is 23.2 Å². The first kappa shape index (κ1) is 23.1. The number of hydrogen-bond acceptors (Lipinski definition) is 3. The maximum atomic E-state index is 13.1. The molecule has 0 bridgehead atoms. The van der Waals surface area contributed by atoms with E-state index in [9.17, 15) is 22.8 Å². The monoisotopic (exact) mass is 435 g/mol. The number of amides is 1. The van der Waals surface area contributed by atoms with Crippen molar-refractivity contribution in [3.8, 4) is 5.69 Å². The molecule has 168 valence electrons. The molecule has 1 aromatic heterocycles. The molecule has 2 heterocycles. The first-order valence-electron chi connectivity index (χ1n) is 10.7. The lowest BCUT2D eigenvalue weighted by molar-refractivity contribution is -0.137. The molecule has 0 atom stereocenters. The number of carbonyl (C=O) groups excluding carboxylic acids is 1. The molecule has 2 aromatic rings. The molecule has 3 rings (SSSR count). The van der Waals surface area contributed by atoms with Gasteiger partial charge in [0.2, 0.25) is 0 Å². The minimum atomic E-state index is -4.52. The van der Waals surface area contributed by atoms with Crippen molar-refractivity contribution < 1.29 is 18.0 Å². The van der Waals surface area contributed by atoms with E-state index in [1.807, 2.05) is 0 Å². The zero-order valence-electron chi connectivity index (χ0n) is 17.7. The van der Waals surface area contributed by atoms with Crippen molar-refractivity contribution in [1.29, 1.82) is 0 Å². The molecule has 0 saturated carbocycles. The van der Waals surface area contributed by atoms with Gasteiger partial charge in [0.25, 0.3) is 11.5 Å². The smallest absolute Gasteiger partial charge is 0.352 e. The highest BCUT2D eigenvalue weighted by molar-refractivity contribution is 5.93. The van der Waals surface area contributed by atoms with Crippen molar-refractivity contribution in [1.82, 2.24) is 14.8 Å². The van der Waals surface area contributed by atoms with Gasteiger partial charge >= 0.3 is 6.18 Å². The second-order valence-electron chi connectivity index (χ2n) is 7.94. The molecule has 31 heavy (non-hydrogen) atoms. The molecule has 1 amide bonds. The SMILES string of the molecule is Cc1ccc(C(=O)NCCCN2CCCCCC2)c(=O)n1-c1cccc(C(F)(F)F)c1. The fraction of sp³-hybridized carbons (Fsp3) is 0.478. The largest absolute Gasteiger partial charge is 0.416 e. The van der Waals surface area contributed by atoms with Crippen LogP contribution < -0.4 is 10.9 Å². The lowest BCUT2D eigenvalue weighted by Gasteiger charge is -2.19. The average Bonchev–Trinajstić information content (AvgIpc) is 3.00. The molecular formula is C23H28F3N3O2. The van der Waals surface area contributed by atoms with Gasteiger partial charge in [0, 0.05) is 17.9 Å². The van der Waals surface area contributed by atoms with E-state index >= 15 is 0 Å². The van der Waals surface area contributed by atoms with Crippen molar-refractivity contribution in [3.05, 3.63) is 63.6 Å². The second kappa shape index (κ2) is 10.1. The summed E-state index contributed by atoms with van der Waals surface area (Å²) in [5, 5.41) is 2.77. The Kier molecular flexibility index (Phi) is 7.54. The normalized spacial score (nSPS) is 15.5. The topological polar surface area (TPSA) is 54.3 Å². The number of likely N-dealkylation sites (tertiary alicyclic amines) is 1. The maximum absolute atomic E-state index is 13.1. The highest BCUT2D eigenvalue weighted by atomic mass is 19.4. The fourth-order valence-corrected chi connectivity index (χ4v) is 3.90. The number of carbonyl (C=O) groups is 1. The van der Waals surface area contributed by atoms with Crippen molar-refractivity contribution >= 4 is 5.91 Å². The lowest BCUT2D eigenvalue weighted by Crippen LogP contribution is -2.35. The number of aromatic nitrogens is 1. The Labute approximate surface area is 179 Å². The quantitative estimate of drug-likeness (QED) is 0.694. The van der Waals surface area contributed by atoms with Gasteiger partial charge in [0.1, 0.15) is 5.56 Å². The van der Waals surface area contributed by atoms with Crippen LogP contribution in [0.25, 0.3) is 5.69 Å². The Morgan fingerprint density at radius 2 is 1.77 bits per heavy atom.